The molecule has 0 spiro atoms. The SMILES string of the molecule is CCCC(CC1CCOC1)NN. The third-order valence-corrected chi connectivity index (χ3v) is 2.51. The maximum atomic E-state index is 5.45. The van der Waals surface area contributed by atoms with Crippen LogP contribution in [0.5, 0.6) is 0 Å². The molecule has 2 atom stereocenters. The Labute approximate surface area is 74.6 Å². The maximum absolute atomic E-state index is 5.45. The third-order valence-electron chi connectivity index (χ3n) is 2.51. The summed E-state index contributed by atoms with van der Waals surface area (Å²) in [6.07, 6.45) is 4.75. The average molecular weight is 172 g/mol. The Balaban J connectivity index is 2.16. The Hall–Kier alpha value is -0.120. The van der Waals surface area contributed by atoms with E-state index >= 15 is 0 Å². The van der Waals surface area contributed by atoms with Crippen LogP contribution in [-0.4, -0.2) is 19.3 Å². The van der Waals surface area contributed by atoms with Crippen LogP contribution in [0.25, 0.3) is 0 Å². The largest absolute Gasteiger partial charge is 0.381 e. The highest BCUT2D eigenvalue weighted by atomic mass is 16.5. The standard InChI is InChI=1S/C9H20N2O/c1-2-3-9(11-10)6-8-4-5-12-7-8/h8-9,11H,2-7,10H2,1H3. The van der Waals surface area contributed by atoms with Crippen LogP contribution in [0, 0.1) is 5.92 Å². The molecular weight excluding hydrogens is 152 g/mol. The number of rotatable bonds is 5. The summed E-state index contributed by atoms with van der Waals surface area (Å²) in [6.45, 7) is 4.06. The highest BCUT2D eigenvalue weighted by Crippen LogP contribution is 2.19. The summed E-state index contributed by atoms with van der Waals surface area (Å²) in [5.74, 6) is 6.18. The van der Waals surface area contributed by atoms with Crippen molar-refractivity contribution in [2.45, 2.75) is 38.6 Å². The van der Waals surface area contributed by atoms with Crippen molar-refractivity contribution in [2.75, 3.05) is 13.2 Å². The average Bonchev–Trinajstić information content (AvgIpc) is 2.56. The molecule has 1 aliphatic rings. The number of nitrogens with two attached hydrogens (primary N) is 1. The molecule has 3 heteroatoms. The minimum Gasteiger partial charge on any atom is -0.381 e. The van der Waals surface area contributed by atoms with E-state index in [-0.39, 0.29) is 0 Å². The van der Waals surface area contributed by atoms with Gasteiger partial charge in [-0.1, -0.05) is 13.3 Å². The first kappa shape index (κ1) is 9.96. The minimum absolute atomic E-state index is 0.488. The molecule has 3 nitrogen and oxygen atoms in total. The predicted octanol–water partition coefficient (Wildman–Crippen LogP) is 1.04. The molecule has 1 aliphatic heterocycles. The molecule has 1 saturated heterocycles. The fourth-order valence-corrected chi connectivity index (χ4v) is 1.79. The lowest BCUT2D eigenvalue weighted by Crippen LogP contribution is -2.36. The van der Waals surface area contributed by atoms with Crippen molar-refractivity contribution in [3.63, 3.8) is 0 Å². The van der Waals surface area contributed by atoms with Gasteiger partial charge in [0.1, 0.15) is 0 Å². The molecule has 0 radical (unpaired) electrons. The second-order valence-corrected chi connectivity index (χ2v) is 3.62. The van der Waals surface area contributed by atoms with Gasteiger partial charge >= 0.3 is 0 Å². The van der Waals surface area contributed by atoms with Crippen molar-refractivity contribution in [3.8, 4) is 0 Å². The molecule has 72 valence electrons. The van der Waals surface area contributed by atoms with Gasteiger partial charge in [-0.2, -0.15) is 0 Å². The summed E-state index contributed by atoms with van der Waals surface area (Å²) < 4.78 is 5.31. The van der Waals surface area contributed by atoms with E-state index in [1.54, 1.807) is 0 Å². The lowest BCUT2D eigenvalue weighted by Gasteiger charge is -2.17. The van der Waals surface area contributed by atoms with Gasteiger partial charge in [0.05, 0.1) is 0 Å². The van der Waals surface area contributed by atoms with Gasteiger partial charge in [-0.3, -0.25) is 11.3 Å². The molecular formula is C9H20N2O. The van der Waals surface area contributed by atoms with Crippen molar-refractivity contribution >= 4 is 0 Å². The molecule has 12 heavy (non-hydrogen) atoms. The van der Waals surface area contributed by atoms with Crippen LogP contribution in [-0.2, 0) is 4.74 Å². The molecule has 1 rings (SSSR count). The zero-order chi connectivity index (χ0) is 8.81. The first-order chi connectivity index (χ1) is 5.86. The Morgan fingerprint density at radius 3 is 3.00 bits per heavy atom. The Morgan fingerprint density at radius 2 is 2.50 bits per heavy atom. The summed E-state index contributed by atoms with van der Waals surface area (Å²) >= 11 is 0. The van der Waals surface area contributed by atoms with Crippen molar-refractivity contribution in [1.82, 2.24) is 5.43 Å². The highest BCUT2D eigenvalue weighted by molar-refractivity contribution is 4.72. The van der Waals surface area contributed by atoms with Gasteiger partial charge in [0.25, 0.3) is 0 Å². The molecule has 2 unspecified atom stereocenters. The van der Waals surface area contributed by atoms with Gasteiger partial charge in [-0.05, 0) is 25.2 Å². The van der Waals surface area contributed by atoms with Gasteiger partial charge in [0, 0.05) is 19.3 Å². The summed E-state index contributed by atoms with van der Waals surface area (Å²) in [5.41, 5.74) is 2.87. The van der Waals surface area contributed by atoms with E-state index in [1.807, 2.05) is 0 Å². The molecule has 3 N–H and O–H groups in total. The van der Waals surface area contributed by atoms with E-state index in [9.17, 15) is 0 Å². The van der Waals surface area contributed by atoms with Crippen LogP contribution < -0.4 is 11.3 Å². The maximum Gasteiger partial charge on any atom is 0.0495 e. The second-order valence-electron chi connectivity index (χ2n) is 3.62. The molecule has 0 aliphatic carbocycles. The van der Waals surface area contributed by atoms with Crippen molar-refractivity contribution in [3.05, 3.63) is 0 Å². The second kappa shape index (κ2) is 5.51. The Morgan fingerprint density at radius 1 is 1.67 bits per heavy atom. The monoisotopic (exact) mass is 172 g/mol. The highest BCUT2D eigenvalue weighted by Gasteiger charge is 2.19. The molecule has 1 heterocycles. The van der Waals surface area contributed by atoms with Crippen LogP contribution in [0.15, 0.2) is 0 Å². The quantitative estimate of drug-likeness (QED) is 0.481. The third kappa shape index (κ3) is 3.09. The van der Waals surface area contributed by atoms with E-state index < -0.39 is 0 Å². The zero-order valence-electron chi connectivity index (χ0n) is 7.88. The van der Waals surface area contributed by atoms with Crippen molar-refractivity contribution in [2.24, 2.45) is 11.8 Å². The molecule has 1 fully saturated rings. The summed E-state index contributed by atoms with van der Waals surface area (Å²) in [6, 6.07) is 0.488. The van der Waals surface area contributed by atoms with Crippen molar-refractivity contribution in [1.29, 1.82) is 0 Å². The van der Waals surface area contributed by atoms with E-state index in [2.05, 4.69) is 12.3 Å². The molecule has 0 aromatic carbocycles. The molecule has 0 saturated carbocycles. The van der Waals surface area contributed by atoms with Crippen LogP contribution in [0.1, 0.15) is 32.6 Å². The Bertz CT molecular complexity index is 113. The van der Waals surface area contributed by atoms with Crippen LogP contribution in [0.2, 0.25) is 0 Å². The number of ether oxygens (including phenoxy) is 1. The Kier molecular flexibility index (Phi) is 4.58. The summed E-state index contributed by atoms with van der Waals surface area (Å²) in [4.78, 5) is 0. The smallest absolute Gasteiger partial charge is 0.0495 e. The number of hydrogen-bond donors (Lipinski definition) is 2. The summed E-state index contributed by atoms with van der Waals surface area (Å²) in [5, 5.41) is 0. The molecule has 0 aromatic rings. The van der Waals surface area contributed by atoms with Crippen LogP contribution in [0.3, 0.4) is 0 Å². The lowest BCUT2D eigenvalue weighted by atomic mass is 9.97. The van der Waals surface area contributed by atoms with Gasteiger partial charge in [-0.15, -0.1) is 0 Å². The first-order valence-corrected chi connectivity index (χ1v) is 4.90. The number of hydrogen-bond acceptors (Lipinski definition) is 3. The zero-order valence-corrected chi connectivity index (χ0v) is 7.88. The van der Waals surface area contributed by atoms with Crippen molar-refractivity contribution < 1.29 is 4.74 Å². The fraction of sp³-hybridized carbons (Fsp3) is 1.00. The van der Waals surface area contributed by atoms with E-state index in [0.717, 1.165) is 19.1 Å². The predicted molar refractivity (Wildman–Crippen MR) is 49.6 cm³/mol. The van der Waals surface area contributed by atoms with Gasteiger partial charge < -0.3 is 4.74 Å². The lowest BCUT2D eigenvalue weighted by molar-refractivity contribution is 0.181. The first-order valence-electron chi connectivity index (χ1n) is 4.90. The molecule has 0 amide bonds. The normalized spacial score (nSPS) is 26.0. The van der Waals surface area contributed by atoms with Gasteiger partial charge in [0.15, 0.2) is 0 Å². The molecule has 0 aromatic heterocycles. The van der Waals surface area contributed by atoms with Gasteiger partial charge in [-0.25, -0.2) is 0 Å². The number of hydrazine groups is 1. The van der Waals surface area contributed by atoms with E-state index in [1.165, 1.54) is 25.7 Å². The topological polar surface area (TPSA) is 47.3 Å². The van der Waals surface area contributed by atoms with E-state index in [0.29, 0.717) is 6.04 Å². The minimum atomic E-state index is 0.488. The van der Waals surface area contributed by atoms with Crippen LogP contribution >= 0.6 is 0 Å². The van der Waals surface area contributed by atoms with E-state index in [4.69, 9.17) is 10.6 Å². The fourth-order valence-electron chi connectivity index (χ4n) is 1.79. The van der Waals surface area contributed by atoms with Gasteiger partial charge in [0.2, 0.25) is 0 Å². The summed E-state index contributed by atoms with van der Waals surface area (Å²) in [7, 11) is 0. The number of nitrogens with one attached hydrogen (secondary N) is 1. The molecule has 0 bridgehead atoms. The van der Waals surface area contributed by atoms with Crippen LogP contribution in [0.4, 0.5) is 0 Å².